The van der Waals surface area contributed by atoms with Crippen LogP contribution in [-0.2, 0) is 16.1 Å². The Morgan fingerprint density at radius 3 is 2.62 bits per heavy atom. The number of carbonyl (C=O) groups excluding carboxylic acids is 2. The van der Waals surface area contributed by atoms with Crippen molar-refractivity contribution in [3.05, 3.63) is 52.8 Å². The fraction of sp³-hybridized carbons (Fsp3) is 0.300. The molecule has 3 aliphatic heterocycles. The van der Waals surface area contributed by atoms with Crippen LogP contribution >= 0.6 is 11.6 Å². The van der Waals surface area contributed by atoms with Crippen molar-refractivity contribution in [1.82, 2.24) is 9.88 Å². The predicted octanol–water partition coefficient (Wildman–Crippen LogP) is 2.30. The van der Waals surface area contributed by atoms with Crippen LogP contribution in [0.5, 0.6) is 0 Å². The summed E-state index contributed by atoms with van der Waals surface area (Å²) in [4.78, 5) is 39.0. The lowest BCUT2D eigenvalue weighted by Gasteiger charge is -2.36. The summed E-state index contributed by atoms with van der Waals surface area (Å²) < 4.78 is 5.43. The Hall–Kier alpha value is -2.97. The van der Waals surface area contributed by atoms with Crippen LogP contribution in [-0.4, -0.2) is 60.5 Å². The molecule has 1 saturated heterocycles. The Morgan fingerprint density at radius 2 is 1.86 bits per heavy atom. The molecular formula is C20H18ClN5O3. The summed E-state index contributed by atoms with van der Waals surface area (Å²) in [5, 5.41) is 0.634. The van der Waals surface area contributed by atoms with E-state index in [1.54, 1.807) is 23.2 Å². The van der Waals surface area contributed by atoms with Crippen LogP contribution in [0.1, 0.15) is 11.3 Å². The Labute approximate surface area is 172 Å². The van der Waals surface area contributed by atoms with E-state index in [9.17, 15) is 9.59 Å². The van der Waals surface area contributed by atoms with E-state index >= 15 is 0 Å². The number of morpholine rings is 1. The summed E-state index contributed by atoms with van der Waals surface area (Å²) in [6, 6.07) is 9.02. The SMILES string of the molecule is O=C1CN2C(=O)N(Cc3ccc(Cl)cc3)c3cc(N4CCOCC4)cnc3C2=N1. The smallest absolute Gasteiger partial charge is 0.331 e. The summed E-state index contributed by atoms with van der Waals surface area (Å²) in [6.45, 7) is 3.11. The number of aliphatic imine (C=N–C) groups is 1. The minimum Gasteiger partial charge on any atom is -0.378 e. The largest absolute Gasteiger partial charge is 0.378 e. The molecule has 0 N–H and O–H groups in total. The molecule has 3 aliphatic rings. The van der Waals surface area contributed by atoms with Crippen LogP contribution in [0.15, 0.2) is 41.5 Å². The van der Waals surface area contributed by atoms with Crippen LogP contribution in [0.3, 0.4) is 0 Å². The number of pyridine rings is 1. The van der Waals surface area contributed by atoms with Gasteiger partial charge in [0.2, 0.25) is 0 Å². The standard InChI is InChI=1S/C20H18ClN5O3/c21-14-3-1-13(2-4-14)11-25-16-9-15(24-5-7-29-8-6-24)10-22-18(16)19-23-17(27)12-26(19)20(25)28/h1-4,9-10H,5-8,11-12H2. The average Bonchev–Trinajstić information content (AvgIpc) is 3.15. The van der Waals surface area contributed by atoms with Crippen LogP contribution in [0.25, 0.3) is 0 Å². The van der Waals surface area contributed by atoms with Gasteiger partial charge in [0.25, 0.3) is 5.91 Å². The van der Waals surface area contributed by atoms with Crippen molar-refractivity contribution in [3.63, 3.8) is 0 Å². The number of aromatic nitrogens is 1. The van der Waals surface area contributed by atoms with Gasteiger partial charge < -0.3 is 9.64 Å². The molecule has 0 atom stereocenters. The molecule has 0 aliphatic carbocycles. The van der Waals surface area contributed by atoms with Gasteiger partial charge >= 0.3 is 6.03 Å². The highest BCUT2D eigenvalue weighted by atomic mass is 35.5. The number of carbonyl (C=O) groups is 2. The Bertz CT molecular complexity index is 1020. The molecule has 0 unspecified atom stereocenters. The summed E-state index contributed by atoms with van der Waals surface area (Å²) in [6.07, 6.45) is 1.77. The number of halogens is 1. The Balaban J connectivity index is 1.57. The molecule has 2 aromatic rings. The van der Waals surface area contributed by atoms with Crippen molar-refractivity contribution in [2.75, 3.05) is 42.6 Å². The highest BCUT2D eigenvalue weighted by Crippen LogP contribution is 2.34. The second-order valence-electron chi connectivity index (χ2n) is 7.07. The van der Waals surface area contributed by atoms with Gasteiger partial charge in [-0.15, -0.1) is 0 Å². The summed E-state index contributed by atoms with van der Waals surface area (Å²) >= 11 is 5.99. The number of hydrogen-bond acceptors (Lipinski definition) is 5. The zero-order valence-electron chi connectivity index (χ0n) is 15.5. The van der Waals surface area contributed by atoms with Gasteiger partial charge in [0.15, 0.2) is 5.84 Å². The number of benzene rings is 1. The zero-order valence-corrected chi connectivity index (χ0v) is 16.3. The number of nitrogens with zero attached hydrogens (tertiary/aromatic N) is 5. The van der Waals surface area contributed by atoms with Gasteiger partial charge in [0.05, 0.1) is 37.3 Å². The Morgan fingerprint density at radius 1 is 1.10 bits per heavy atom. The molecule has 3 amide bonds. The normalized spacial score (nSPS) is 18.7. The van der Waals surface area contributed by atoms with Crippen LogP contribution in [0.2, 0.25) is 5.02 Å². The third-order valence-corrected chi connectivity index (χ3v) is 5.48. The van der Waals surface area contributed by atoms with E-state index in [1.165, 1.54) is 4.90 Å². The van der Waals surface area contributed by atoms with Crippen LogP contribution in [0, 0.1) is 0 Å². The molecule has 0 bridgehead atoms. The highest BCUT2D eigenvalue weighted by Gasteiger charge is 2.41. The van der Waals surface area contributed by atoms with E-state index in [1.807, 2.05) is 18.2 Å². The molecule has 8 nitrogen and oxygen atoms in total. The zero-order chi connectivity index (χ0) is 20.0. The van der Waals surface area contributed by atoms with Crippen molar-refractivity contribution >= 4 is 40.7 Å². The van der Waals surface area contributed by atoms with Crippen molar-refractivity contribution in [2.45, 2.75) is 6.54 Å². The number of urea groups is 1. The van der Waals surface area contributed by atoms with E-state index in [4.69, 9.17) is 16.3 Å². The summed E-state index contributed by atoms with van der Waals surface area (Å²) in [5.74, 6) is -0.0115. The van der Waals surface area contributed by atoms with E-state index in [0.717, 1.165) is 24.3 Å². The first-order chi connectivity index (χ1) is 14.1. The second kappa shape index (κ2) is 7.13. The first-order valence-corrected chi connectivity index (χ1v) is 9.76. The number of anilines is 2. The quantitative estimate of drug-likeness (QED) is 0.774. The van der Waals surface area contributed by atoms with E-state index in [2.05, 4.69) is 14.9 Å². The number of rotatable bonds is 3. The monoisotopic (exact) mass is 411 g/mol. The molecule has 29 heavy (non-hydrogen) atoms. The van der Waals surface area contributed by atoms with Gasteiger partial charge in [-0.1, -0.05) is 23.7 Å². The molecule has 0 radical (unpaired) electrons. The molecule has 1 fully saturated rings. The lowest BCUT2D eigenvalue weighted by atomic mass is 10.1. The van der Waals surface area contributed by atoms with Crippen molar-refractivity contribution in [3.8, 4) is 0 Å². The first kappa shape index (κ1) is 18.1. The fourth-order valence-electron chi connectivity index (χ4n) is 3.75. The van der Waals surface area contributed by atoms with Crippen molar-refractivity contribution in [1.29, 1.82) is 0 Å². The second-order valence-corrected chi connectivity index (χ2v) is 7.51. The maximum absolute atomic E-state index is 13.2. The maximum Gasteiger partial charge on any atom is 0.331 e. The van der Waals surface area contributed by atoms with Gasteiger partial charge in [0, 0.05) is 18.1 Å². The summed E-state index contributed by atoms with van der Waals surface area (Å²) in [5.41, 5.74) is 3.04. The first-order valence-electron chi connectivity index (χ1n) is 9.38. The van der Waals surface area contributed by atoms with Gasteiger partial charge in [-0.3, -0.25) is 14.6 Å². The lowest BCUT2D eigenvalue weighted by molar-refractivity contribution is -0.116. The number of hydrogen-bond donors (Lipinski definition) is 0. The van der Waals surface area contributed by atoms with Crippen LogP contribution < -0.4 is 9.80 Å². The molecule has 4 heterocycles. The topological polar surface area (TPSA) is 78.3 Å². The van der Waals surface area contributed by atoms with Crippen molar-refractivity contribution < 1.29 is 14.3 Å². The maximum atomic E-state index is 13.2. The van der Waals surface area contributed by atoms with Gasteiger partial charge in [-0.25, -0.2) is 9.78 Å². The molecule has 0 spiro atoms. The molecule has 0 saturated carbocycles. The van der Waals surface area contributed by atoms with Gasteiger partial charge in [-0.05, 0) is 23.8 Å². The van der Waals surface area contributed by atoms with Crippen LogP contribution in [0.4, 0.5) is 16.2 Å². The summed E-state index contributed by atoms with van der Waals surface area (Å²) in [7, 11) is 0. The minimum absolute atomic E-state index is 0.0579. The average molecular weight is 412 g/mol. The molecule has 1 aromatic carbocycles. The third-order valence-electron chi connectivity index (χ3n) is 5.23. The number of fused-ring (bicyclic) bond motifs is 3. The van der Waals surface area contributed by atoms with Gasteiger partial charge in [0.1, 0.15) is 12.2 Å². The molecular weight excluding hydrogens is 394 g/mol. The predicted molar refractivity (Wildman–Crippen MR) is 109 cm³/mol. The molecule has 148 valence electrons. The van der Waals surface area contributed by atoms with E-state index in [-0.39, 0.29) is 18.5 Å². The lowest BCUT2D eigenvalue weighted by Crippen LogP contribution is -2.50. The highest BCUT2D eigenvalue weighted by molar-refractivity contribution is 6.30. The number of ether oxygens (including phenoxy) is 1. The third kappa shape index (κ3) is 3.24. The minimum atomic E-state index is -0.341. The van der Waals surface area contributed by atoms with E-state index in [0.29, 0.717) is 42.0 Å². The van der Waals surface area contributed by atoms with E-state index < -0.39 is 0 Å². The molecule has 9 heteroatoms. The Kier molecular flexibility index (Phi) is 4.44. The number of amides is 3. The molecule has 5 rings (SSSR count). The van der Waals surface area contributed by atoms with Crippen molar-refractivity contribution in [2.24, 2.45) is 4.99 Å². The molecule has 1 aromatic heterocycles. The fourth-order valence-corrected chi connectivity index (χ4v) is 3.88. The van der Waals surface area contributed by atoms with Gasteiger partial charge in [-0.2, -0.15) is 4.99 Å². The number of amidine groups is 1.